The maximum atomic E-state index is 5.08. The Hall–Kier alpha value is -3.79. The average Bonchev–Trinajstić information content (AvgIpc) is 3.11. The Kier molecular flexibility index (Phi) is 4.17. The Bertz CT molecular complexity index is 1290. The molecule has 0 aliphatic rings. The quantitative estimate of drug-likeness (QED) is 0.422. The van der Waals surface area contributed by atoms with Gasteiger partial charge in [-0.3, -0.25) is 10.1 Å². The summed E-state index contributed by atoms with van der Waals surface area (Å²) in [6.07, 6.45) is 1.83. The van der Waals surface area contributed by atoms with E-state index in [2.05, 4.69) is 52.7 Å². The number of aromatic nitrogens is 4. The molecule has 0 unspecified atom stereocenters. The molecule has 3 heterocycles. The molecule has 0 fully saturated rings. The number of aromatic amines is 1. The monoisotopic (exact) mass is 376 g/mol. The minimum Gasteiger partial charge on any atom is -0.282 e. The van der Waals surface area contributed by atoms with Crippen LogP contribution in [0.1, 0.15) is 11.4 Å². The van der Waals surface area contributed by atoms with E-state index in [0.29, 0.717) is 0 Å². The van der Waals surface area contributed by atoms with Crippen molar-refractivity contribution in [3.05, 3.63) is 90.4 Å². The first-order valence-electron chi connectivity index (χ1n) is 9.65. The van der Waals surface area contributed by atoms with Crippen LogP contribution in [-0.2, 0) is 0 Å². The lowest BCUT2D eigenvalue weighted by atomic mass is 9.96. The SMILES string of the molecule is Cc1n[nH]c(C)c1-c1nccc2nc(-c3ccccc3)c(-c3ccccc3)cc12. The van der Waals surface area contributed by atoms with E-state index in [9.17, 15) is 0 Å². The third-order valence-corrected chi connectivity index (χ3v) is 5.24. The minimum atomic E-state index is 0.913. The largest absolute Gasteiger partial charge is 0.282 e. The first-order chi connectivity index (χ1) is 14.2. The predicted molar refractivity (Wildman–Crippen MR) is 117 cm³/mol. The molecule has 0 aliphatic heterocycles. The van der Waals surface area contributed by atoms with Crippen LogP contribution in [0.2, 0.25) is 0 Å². The third kappa shape index (κ3) is 2.99. The fourth-order valence-corrected chi connectivity index (χ4v) is 3.85. The number of hydrogen-bond acceptors (Lipinski definition) is 3. The van der Waals surface area contributed by atoms with Gasteiger partial charge >= 0.3 is 0 Å². The second-order valence-electron chi connectivity index (χ2n) is 7.15. The van der Waals surface area contributed by atoms with Crippen molar-refractivity contribution < 1.29 is 0 Å². The number of H-pyrrole nitrogens is 1. The van der Waals surface area contributed by atoms with Crippen molar-refractivity contribution in [2.24, 2.45) is 0 Å². The van der Waals surface area contributed by atoms with Crippen molar-refractivity contribution in [1.29, 1.82) is 0 Å². The predicted octanol–water partition coefficient (Wildman–Crippen LogP) is 5.97. The molecule has 0 bridgehead atoms. The third-order valence-electron chi connectivity index (χ3n) is 5.24. The van der Waals surface area contributed by atoms with Crippen LogP contribution >= 0.6 is 0 Å². The van der Waals surface area contributed by atoms with Crippen molar-refractivity contribution in [1.82, 2.24) is 20.2 Å². The molecule has 0 saturated heterocycles. The van der Waals surface area contributed by atoms with Crippen molar-refractivity contribution in [2.75, 3.05) is 0 Å². The highest BCUT2D eigenvalue weighted by molar-refractivity contribution is 5.99. The van der Waals surface area contributed by atoms with Crippen LogP contribution in [0.3, 0.4) is 0 Å². The molecule has 5 aromatic rings. The molecule has 0 spiro atoms. The van der Waals surface area contributed by atoms with Gasteiger partial charge in [0.25, 0.3) is 0 Å². The van der Waals surface area contributed by atoms with E-state index in [4.69, 9.17) is 9.97 Å². The van der Waals surface area contributed by atoms with Gasteiger partial charge in [-0.25, -0.2) is 4.98 Å². The van der Waals surface area contributed by atoms with E-state index in [0.717, 1.165) is 55.9 Å². The molecule has 1 N–H and O–H groups in total. The number of benzene rings is 2. The van der Waals surface area contributed by atoms with E-state index in [1.54, 1.807) is 0 Å². The van der Waals surface area contributed by atoms with Gasteiger partial charge < -0.3 is 0 Å². The molecule has 0 aliphatic carbocycles. The van der Waals surface area contributed by atoms with Gasteiger partial charge in [0.15, 0.2) is 0 Å². The summed E-state index contributed by atoms with van der Waals surface area (Å²) in [7, 11) is 0. The van der Waals surface area contributed by atoms with Crippen molar-refractivity contribution in [2.45, 2.75) is 13.8 Å². The van der Waals surface area contributed by atoms with Gasteiger partial charge in [0.2, 0.25) is 0 Å². The van der Waals surface area contributed by atoms with Crippen LogP contribution in [0.5, 0.6) is 0 Å². The number of hydrogen-bond donors (Lipinski definition) is 1. The van der Waals surface area contributed by atoms with Crippen LogP contribution in [0.25, 0.3) is 44.5 Å². The number of nitrogens with one attached hydrogen (secondary N) is 1. The average molecular weight is 376 g/mol. The molecule has 0 atom stereocenters. The fraction of sp³-hybridized carbons (Fsp3) is 0.0800. The summed E-state index contributed by atoms with van der Waals surface area (Å²) in [5.74, 6) is 0. The molecular formula is C25H20N4. The highest BCUT2D eigenvalue weighted by Gasteiger charge is 2.17. The van der Waals surface area contributed by atoms with E-state index in [1.807, 2.05) is 50.4 Å². The summed E-state index contributed by atoms with van der Waals surface area (Å²) in [6, 6.07) is 24.9. The minimum absolute atomic E-state index is 0.913. The standard InChI is InChI=1S/C25H20N4/c1-16-23(17(2)29-28-16)25-21-15-20(18-9-5-3-6-10-18)24(19-11-7-4-8-12-19)27-22(21)13-14-26-25/h3-15H,1-2H3,(H,28,29). The number of nitrogens with zero attached hydrogens (tertiary/aromatic N) is 3. The van der Waals surface area contributed by atoms with Gasteiger partial charge in [-0.2, -0.15) is 5.10 Å². The summed E-state index contributed by atoms with van der Waals surface area (Å²) < 4.78 is 0. The number of rotatable bonds is 3. The van der Waals surface area contributed by atoms with Crippen LogP contribution in [0.4, 0.5) is 0 Å². The second kappa shape index (κ2) is 6.99. The molecule has 3 aromatic heterocycles. The van der Waals surface area contributed by atoms with E-state index in [1.165, 1.54) is 0 Å². The van der Waals surface area contributed by atoms with Crippen LogP contribution in [-0.4, -0.2) is 20.2 Å². The van der Waals surface area contributed by atoms with E-state index in [-0.39, 0.29) is 0 Å². The number of fused-ring (bicyclic) bond motifs is 1. The summed E-state index contributed by atoms with van der Waals surface area (Å²) in [4.78, 5) is 9.79. The van der Waals surface area contributed by atoms with Gasteiger partial charge in [-0.1, -0.05) is 60.7 Å². The van der Waals surface area contributed by atoms with Crippen LogP contribution in [0.15, 0.2) is 79.0 Å². The zero-order valence-corrected chi connectivity index (χ0v) is 16.3. The van der Waals surface area contributed by atoms with Crippen LogP contribution in [0, 0.1) is 13.8 Å². The summed E-state index contributed by atoms with van der Waals surface area (Å²) in [6.45, 7) is 4.03. The lowest BCUT2D eigenvalue weighted by Gasteiger charge is -2.13. The summed E-state index contributed by atoms with van der Waals surface area (Å²) in [5.41, 5.74) is 9.14. The summed E-state index contributed by atoms with van der Waals surface area (Å²) >= 11 is 0. The van der Waals surface area contributed by atoms with Gasteiger partial charge in [0.1, 0.15) is 0 Å². The van der Waals surface area contributed by atoms with Gasteiger partial charge in [-0.15, -0.1) is 0 Å². The van der Waals surface area contributed by atoms with Gasteiger partial charge in [0, 0.05) is 34.0 Å². The zero-order valence-electron chi connectivity index (χ0n) is 16.3. The molecule has 4 heteroatoms. The van der Waals surface area contributed by atoms with Crippen LogP contribution < -0.4 is 0 Å². The maximum absolute atomic E-state index is 5.08. The maximum Gasteiger partial charge on any atom is 0.0833 e. The van der Waals surface area contributed by atoms with Gasteiger partial charge in [-0.05, 0) is 31.5 Å². The Labute approximate surface area is 169 Å². The van der Waals surface area contributed by atoms with Crippen molar-refractivity contribution in [3.63, 3.8) is 0 Å². The van der Waals surface area contributed by atoms with Gasteiger partial charge in [0.05, 0.1) is 22.6 Å². The summed E-state index contributed by atoms with van der Waals surface area (Å²) in [5, 5.41) is 8.46. The molecule has 29 heavy (non-hydrogen) atoms. The number of pyridine rings is 2. The highest BCUT2D eigenvalue weighted by atomic mass is 15.1. The molecule has 0 amide bonds. The van der Waals surface area contributed by atoms with E-state index < -0.39 is 0 Å². The normalized spacial score (nSPS) is 11.1. The van der Waals surface area contributed by atoms with E-state index >= 15 is 0 Å². The Morgan fingerprint density at radius 2 is 1.45 bits per heavy atom. The smallest absolute Gasteiger partial charge is 0.0833 e. The molecular weight excluding hydrogens is 356 g/mol. The molecule has 0 radical (unpaired) electrons. The molecule has 2 aromatic carbocycles. The second-order valence-corrected chi connectivity index (χ2v) is 7.15. The first kappa shape index (κ1) is 17.3. The lowest BCUT2D eigenvalue weighted by Crippen LogP contribution is -1.95. The molecule has 4 nitrogen and oxygen atoms in total. The van der Waals surface area contributed by atoms with Crippen molar-refractivity contribution in [3.8, 4) is 33.6 Å². The Morgan fingerprint density at radius 3 is 2.10 bits per heavy atom. The Balaban J connectivity index is 1.86. The zero-order chi connectivity index (χ0) is 19.8. The number of aryl methyl sites for hydroxylation is 2. The fourth-order valence-electron chi connectivity index (χ4n) is 3.85. The molecule has 5 rings (SSSR count). The molecule has 0 saturated carbocycles. The molecule has 140 valence electrons. The van der Waals surface area contributed by atoms with Crippen molar-refractivity contribution >= 4 is 10.9 Å². The highest BCUT2D eigenvalue weighted by Crippen LogP contribution is 2.37. The first-order valence-corrected chi connectivity index (χ1v) is 9.65. The topological polar surface area (TPSA) is 54.5 Å². The lowest BCUT2D eigenvalue weighted by molar-refractivity contribution is 1.02. The Morgan fingerprint density at radius 1 is 0.759 bits per heavy atom.